The summed E-state index contributed by atoms with van der Waals surface area (Å²) in [6, 6.07) is 8.89. The van der Waals surface area contributed by atoms with Crippen LogP contribution in [0.1, 0.15) is 31.2 Å². The van der Waals surface area contributed by atoms with Gasteiger partial charge in [0, 0.05) is 6.04 Å². The van der Waals surface area contributed by atoms with Gasteiger partial charge in [0.15, 0.2) is 6.10 Å². The first-order valence-corrected chi connectivity index (χ1v) is 6.82. The Morgan fingerprint density at radius 3 is 2.58 bits per heavy atom. The summed E-state index contributed by atoms with van der Waals surface area (Å²) < 4.78 is 5.10. The molecule has 1 aromatic carbocycles. The van der Waals surface area contributed by atoms with E-state index in [0.717, 1.165) is 31.2 Å². The zero-order valence-corrected chi connectivity index (χ0v) is 11.0. The second kappa shape index (κ2) is 6.68. The van der Waals surface area contributed by atoms with Gasteiger partial charge < -0.3 is 15.6 Å². The molecule has 0 saturated heterocycles. The zero-order valence-electron chi connectivity index (χ0n) is 11.0. The van der Waals surface area contributed by atoms with Gasteiger partial charge in [-0.2, -0.15) is 0 Å². The highest BCUT2D eigenvalue weighted by Gasteiger charge is 2.32. The maximum atomic E-state index is 11.8. The summed E-state index contributed by atoms with van der Waals surface area (Å²) in [7, 11) is 0. The SMILES string of the molecule is N[C@H](C1CCCC1)[C@H](O)C(=O)OCc1ccccc1. The van der Waals surface area contributed by atoms with Crippen LogP contribution < -0.4 is 5.73 Å². The number of carbonyl (C=O) groups is 1. The third-order valence-corrected chi connectivity index (χ3v) is 3.77. The Hall–Kier alpha value is -1.39. The molecular weight excluding hydrogens is 242 g/mol. The van der Waals surface area contributed by atoms with Gasteiger partial charge in [-0.15, -0.1) is 0 Å². The van der Waals surface area contributed by atoms with Crippen molar-refractivity contribution >= 4 is 5.97 Å². The van der Waals surface area contributed by atoms with E-state index in [0.29, 0.717) is 0 Å². The van der Waals surface area contributed by atoms with E-state index < -0.39 is 18.1 Å². The minimum Gasteiger partial charge on any atom is -0.459 e. The van der Waals surface area contributed by atoms with Gasteiger partial charge in [-0.25, -0.2) is 4.79 Å². The highest BCUT2D eigenvalue weighted by Crippen LogP contribution is 2.28. The van der Waals surface area contributed by atoms with Crippen molar-refractivity contribution in [1.82, 2.24) is 0 Å². The van der Waals surface area contributed by atoms with Gasteiger partial charge in [0.05, 0.1) is 0 Å². The fraction of sp³-hybridized carbons (Fsp3) is 0.533. The smallest absolute Gasteiger partial charge is 0.336 e. The van der Waals surface area contributed by atoms with Crippen molar-refractivity contribution in [3.8, 4) is 0 Å². The molecule has 2 rings (SSSR count). The molecule has 0 spiro atoms. The first-order valence-electron chi connectivity index (χ1n) is 6.82. The molecule has 0 amide bonds. The number of hydrogen-bond acceptors (Lipinski definition) is 4. The third-order valence-electron chi connectivity index (χ3n) is 3.77. The third kappa shape index (κ3) is 3.78. The number of ether oxygens (including phenoxy) is 1. The van der Waals surface area contributed by atoms with E-state index >= 15 is 0 Å². The zero-order chi connectivity index (χ0) is 13.7. The van der Waals surface area contributed by atoms with Crippen LogP contribution in [0.3, 0.4) is 0 Å². The van der Waals surface area contributed by atoms with E-state index in [1.165, 1.54) is 0 Å². The first kappa shape index (κ1) is 14.0. The highest BCUT2D eigenvalue weighted by atomic mass is 16.5. The van der Waals surface area contributed by atoms with Gasteiger partial charge in [0.2, 0.25) is 0 Å². The number of rotatable bonds is 5. The van der Waals surface area contributed by atoms with Gasteiger partial charge >= 0.3 is 5.97 Å². The van der Waals surface area contributed by atoms with E-state index in [1.807, 2.05) is 30.3 Å². The molecule has 19 heavy (non-hydrogen) atoms. The fourth-order valence-corrected chi connectivity index (χ4v) is 2.57. The minimum atomic E-state index is -1.22. The molecule has 0 bridgehead atoms. The van der Waals surface area contributed by atoms with E-state index in [-0.39, 0.29) is 12.5 Å². The van der Waals surface area contributed by atoms with Crippen molar-refractivity contribution in [1.29, 1.82) is 0 Å². The molecule has 4 heteroatoms. The molecule has 1 aliphatic carbocycles. The van der Waals surface area contributed by atoms with Crippen LogP contribution in [0.4, 0.5) is 0 Å². The van der Waals surface area contributed by atoms with Gasteiger partial charge in [-0.3, -0.25) is 0 Å². The molecule has 4 nitrogen and oxygen atoms in total. The molecule has 1 saturated carbocycles. The highest BCUT2D eigenvalue weighted by molar-refractivity contribution is 5.75. The number of esters is 1. The Bertz CT molecular complexity index is 401. The predicted octanol–water partition coefficient (Wildman–Crippen LogP) is 1.61. The maximum Gasteiger partial charge on any atom is 0.336 e. The summed E-state index contributed by atoms with van der Waals surface area (Å²) in [4.78, 5) is 11.8. The van der Waals surface area contributed by atoms with Crippen molar-refractivity contribution in [3.05, 3.63) is 35.9 Å². The van der Waals surface area contributed by atoms with E-state index in [2.05, 4.69) is 0 Å². The lowest BCUT2D eigenvalue weighted by molar-refractivity contribution is -0.156. The summed E-state index contributed by atoms with van der Waals surface area (Å²) in [5.74, 6) is -0.387. The molecule has 1 fully saturated rings. The second-order valence-corrected chi connectivity index (χ2v) is 5.16. The summed E-state index contributed by atoms with van der Waals surface area (Å²) in [6.07, 6.45) is 3.02. The number of hydrogen-bond donors (Lipinski definition) is 2. The lowest BCUT2D eigenvalue weighted by Crippen LogP contribution is -2.45. The molecule has 3 N–H and O–H groups in total. The molecule has 0 unspecified atom stereocenters. The summed E-state index contributed by atoms with van der Waals surface area (Å²) >= 11 is 0. The molecule has 0 radical (unpaired) electrons. The molecule has 0 aliphatic heterocycles. The average molecular weight is 263 g/mol. The van der Waals surface area contributed by atoms with Crippen molar-refractivity contribution in [2.24, 2.45) is 11.7 Å². The van der Waals surface area contributed by atoms with E-state index in [9.17, 15) is 9.90 Å². The van der Waals surface area contributed by atoms with Crippen LogP contribution in [-0.4, -0.2) is 23.2 Å². The molecule has 104 valence electrons. The number of carbonyl (C=O) groups excluding carboxylic acids is 1. The predicted molar refractivity (Wildman–Crippen MR) is 72.2 cm³/mol. The van der Waals surface area contributed by atoms with Crippen LogP contribution >= 0.6 is 0 Å². The fourth-order valence-electron chi connectivity index (χ4n) is 2.57. The molecule has 2 atom stereocenters. The van der Waals surface area contributed by atoms with Gasteiger partial charge in [0.1, 0.15) is 6.61 Å². The summed E-state index contributed by atoms with van der Waals surface area (Å²) in [5, 5.41) is 9.93. The number of aliphatic hydroxyl groups excluding tert-OH is 1. The first-order chi connectivity index (χ1) is 9.18. The van der Waals surface area contributed by atoms with Gasteiger partial charge in [0.25, 0.3) is 0 Å². The van der Waals surface area contributed by atoms with Crippen molar-refractivity contribution in [3.63, 3.8) is 0 Å². The van der Waals surface area contributed by atoms with Crippen LogP contribution in [0, 0.1) is 5.92 Å². The van der Waals surface area contributed by atoms with Crippen LogP contribution in [0.2, 0.25) is 0 Å². The minimum absolute atomic E-state index is 0.175. The number of aliphatic hydroxyl groups is 1. The quantitative estimate of drug-likeness (QED) is 0.792. The van der Waals surface area contributed by atoms with Crippen LogP contribution in [0.15, 0.2) is 30.3 Å². The molecule has 0 aromatic heterocycles. The van der Waals surface area contributed by atoms with Crippen LogP contribution in [0.5, 0.6) is 0 Å². The average Bonchev–Trinajstić information content (AvgIpc) is 2.98. The normalized spacial score (nSPS) is 19.1. The maximum absolute atomic E-state index is 11.8. The van der Waals surface area contributed by atoms with E-state index in [4.69, 9.17) is 10.5 Å². The van der Waals surface area contributed by atoms with Crippen LogP contribution in [0.25, 0.3) is 0 Å². The standard InChI is InChI=1S/C15H21NO3/c16-13(12-8-4-5-9-12)14(17)15(18)19-10-11-6-2-1-3-7-11/h1-3,6-7,12-14,17H,4-5,8-10,16H2/t13-,14+/m1/s1. The summed E-state index contributed by atoms with van der Waals surface area (Å²) in [6.45, 7) is 0.175. The lowest BCUT2D eigenvalue weighted by atomic mass is 9.94. The van der Waals surface area contributed by atoms with Gasteiger partial charge in [-0.05, 0) is 24.3 Å². The monoisotopic (exact) mass is 263 g/mol. The molecule has 1 aromatic rings. The summed E-state index contributed by atoms with van der Waals surface area (Å²) in [5.41, 5.74) is 6.84. The second-order valence-electron chi connectivity index (χ2n) is 5.16. The van der Waals surface area contributed by atoms with E-state index in [1.54, 1.807) is 0 Å². The topological polar surface area (TPSA) is 72.5 Å². The van der Waals surface area contributed by atoms with Crippen molar-refractivity contribution in [2.75, 3.05) is 0 Å². The molecule has 1 aliphatic rings. The molecule has 0 heterocycles. The Labute approximate surface area is 113 Å². The largest absolute Gasteiger partial charge is 0.459 e. The Kier molecular flexibility index (Phi) is 4.93. The Morgan fingerprint density at radius 1 is 1.32 bits per heavy atom. The molecular formula is C15H21NO3. The Balaban J connectivity index is 1.81. The van der Waals surface area contributed by atoms with Crippen molar-refractivity contribution < 1.29 is 14.6 Å². The van der Waals surface area contributed by atoms with Gasteiger partial charge in [-0.1, -0.05) is 43.2 Å². The van der Waals surface area contributed by atoms with Crippen LogP contribution in [-0.2, 0) is 16.1 Å². The Morgan fingerprint density at radius 2 is 1.95 bits per heavy atom. The number of nitrogens with two attached hydrogens (primary N) is 1. The van der Waals surface area contributed by atoms with Crippen molar-refractivity contribution in [2.45, 2.75) is 44.4 Å². The number of benzene rings is 1. The lowest BCUT2D eigenvalue weighted by Gasteiger charge is -2.23.